The van der Waals surface area contributed by atoms with Gasteiger partial charge in [0.05, 0.1) is 13.0 Å². The molecule has 1 heterocycles. The third kappa shape index (κ3) is 3.50. The van der Waals surface area contributed by atoms with Gasteiger partial charge in [0.25, 0.3) is 5.91 Å². The molecule has 6 heteroatoms. The average molecular weight is 421 g/mol. The van der Waals surface area contributed by atoms with Gasteiger partial charge in [-0.1, -0.05) is 55.5 Å². The number of fused-ring (bicyclic) bond motifs is 1. The number of ether oxygens (including phenoxy) is 1. The number of carbonyl (C=O) groups is 3. The van der Waals surface area contributed by atoms with Crippen molar-refractivity contribution >= 4 is 17.8 Å². The van der Waals surface area contributed by atoms with E-state index >= 15 is 0 Å². The zero-order chi connectivity index (χ0) is 22.2. The minimum atomic E-state index is -1.19. The van der Waals surface area contributed by atoms with Crippen molar-refractivity contribution in [3.8, 4) is 0 Å². The molecule has 1 aliphatic heterocycles. The second kappa shape index (κ2) is 8.17. The van der Waals surface area contributed by atoms with Crippen molar-refractivity contribution in [2.75, 3.05) is 13.7 Å². The molecule has 0 aromatic heterocycles. The highest BCUT2D eigenvalue weighted by Crippen LogP contribution is 2.59. The molecule has 0 bridgehead atoms. The van der Waals surface area contributed by atoms with Crippen molar-refractivity contribution in [2.24, 2.45) is 11.8 Å². The minimum Gasteiger partial charge on any atom is -0.469 e. The molecule has 1 N–H and O–H groups in total. The second-order valence-electron chi connectivity index (χ2n) is 8.53. The number of carbonyl (C=O) groups excluding carboxylic acids is 3. The molecular formula is C25H28N2O4. The lowest BCUT2D eigenvalue weighted by Gasteiger charge is -2.45. The third-order valence-corrected chi connectivity index (χ3v) is 6.61. The third-order valence-electron chi connectivity index (χ3n) is 6.61. The first-order valence-corrected chi connectivity index (χ1v) is 10.8. The van der Waals surface area contributed by atoms with E-state index in [0.29, 0.717) is 12.1 Å². The van der Waals surface area contributed by atoms with Crippen LogP contribution in [0.4, 0.5) is 0 Å². The summed E-state index contributed by atoms with van der Waals surface area (Å²) in [7, 11) is 1.38. The highest BCUT2D eigenvalue weighted by atomic mass is 16.5. The molecule has 31 heavy (non-hydrogen) atoms. The number of methoxy groups -OCH3 is 1. The minimum absolute atomic E-state index is 0.111. The summed E-state index contributed by atoms with van der Waals surface area (Å²) in [5.74, 6) is -1.59. The number of hydrogen-bond donors (Lipinski definition) is 1. The van der Waals surface area contributed by atoms with Gasteiger partial charge in [0, 0.05) is 30.0 Å². The van der Waals surface area contributed by atoms with E-state index in [1.165, 1.54) is 7.11 Å². The highest BCUT2D eigenvalue weighted by molar-refractivity contribution is 6.01. The molecule has 2 fully saturated rings. The van der Waals surface area contributed by atoms with E-state index in [-0.39, 0.29) is 41.6 Å². The number of esters is 1. The molecule has 0 unspecified atom stereocenters. The van der Waals surface area contributed by atoms with Gasteiger partial charge < -0.3 is 15.0 Å². The smallest absolute Gasteiger partial charge is 0.311 e. The summed E-state index contributed by atoms with van der Waals surface area (Å²) in [6, 6.07) is 18.4. The lowest BCUT2D eigenvalue weighted by Crippen LogP contribution is -2.65. The largest absolute Gasteiger partial charge is 0.469 e. The van der Waals surface area contributed by atoms with Gasteiger partial charge in [0.15, 0.2) is 0 Å². The van der Waals surface area contributed by atoms with Crippen molar-refractivity contribution in [3.63, 3.8) is 0 Å². The number of rotatable bonds is 6. The molecule has 162 valence electrons. The zero-order valence-electron chi connectivity index (χ0n) is 18.1. The first-order chi connectivity index (χ1) is 14.9. The van der Waals surface area contributed by atoms with E-state index in [0.717, 1.165) is 12.0 Å². The van der Waals surface area contributed by atoms with Crippen LogP contribution in [0.25, 0.3) is 0 Å². The Balaban J connectivity index is 1.78. The van der Waals surface area contributed by atoms with Crippen LogP contribution < -0.4 is 5.32 Å². The number of hydrogen-bond acceptors (Lipinski definition) is 4. The highest BCUT2D eigenvalue weighted by Gasteiger charge is 2.71. The van der Waals surface area contributed by atoms with Crippen LogP contribution in [-0.2, 0) is 14.3 Å². The Morgan fingerprint density at radius 3 is 2.26 bits per heavy atom. The molecule has 2 amide bonds. The molecule has 6 nitrogen and oxygen atoms in total. The lowest BCUT2D eigenvalue weighted by molar-refractivity contribution is -0.143. The fourth-order valence-corrected chi connectivity index (χ4v) is 5.24. The summed E-state index contributed by atoms with van der Waals surface area (Å²) in [5, 5.41) is 3.05. The van der Waals surface area contributed by atoms with Crippen molar-refractivity contribution in [1.29, 1.82) is 0 Å². The fourth-order valence-electron chi connectivity index (χ4n) is 5.24. The van der Waals surface area contributed by atoms with E-state index in [1.807, 2.05) is 43.3 Å². The standard InChI is InChI=1S/C25H28N2O4/c1-4-15-27-21-18(19(21)23(29)31-3)20(16-11-7-5-8-12-16)25(2,24(27)30)26-22(28)17-13-9-6-10-14-17/h5-14,18-21H,4,15H2,1-3H3,(H,26,28)/t18-,19-,20+,21+,25-/m1/s1. The number of piperidine rings is 1. The zero-order valence-corrected chi connectivity index (χ0v) is 18.1. The number of amides is 2. The predicted octanol–water partition coefficient (Wildman–Crippen LogP) is 3.00. The molecule has 0 spiro atoms. The fraction of sp³-hybridized carbons (Fsp3) is 0.400. The van der Waals surface area contributed by atoms with Crippen LogP contribution in [0.1, 0.15) is 42.1 Å². The maximum Gasteiger partial charge on any atom is 0.311 e. The van der Waals surface area contributed by atoms with Crippen LogP contribution in [0.15, 0.2) is 60.7 Å². The average Bonchev–Trinajstić information content (AvgIpc) is 3.52. The molecule has 1 saturated carbocycles. The number of nitrogens with zero attached hydrogens (tertiary/aromatic N) is 1. The van der Waals surface area contributed by atoms with Gasteiger partial charge in [-0.05, 0) is 31.0 Å². The van der Waals surface area contributed by atoms with Crippen LogP contribution in [0.5, 0.6) is 0 Å². The van der Waals surface area contributed by atoms with Gasteiger partial charge in [-0.3, -0.25) is 14.4 Å². The van der Waals surface area contributed by atoms with Crippen molar-refractivity contribution in [1.82, 2.24) is 10.2 Å². The van der Waals surface area contributed by atoms with Crippen molar-refractivity contribution in [2.45, 2.75) is 37.8 Å². The Bertz CT molecular complexity index is 978. The molecule has 2 aromatic carbocycles. The monoisotopic (exact) mass is 420 g/mol. The van der Waals surface area contributed by atoms with Crippen molar-refractivity contribution in [3.05, 3.63) is 71.8 Å². The van der Waals surface area contributed by atoms with Gasteiger partial charge in [0.1, 0.15) is 5.54 Å². The van der Waals surface area contributed by atoms with Crippen LogP contribution in [0, 0.1) is 11.8 Å². The number of benzene rings is 2. The molecule has 2 aliphatic rings. The Kier molecular flexibility index (Phi) is 5.56. The maximum atomic E-state index is 13.8. The molecule has 0 radical (unpaired) electrons. The predicted molar refractivity (Wildman–Crippen MR) is 116 cm³/mol. The van der Waals surface area contributed by atoms with Crippen LogP contribution in [0.3, 0.4) is 0 Å². The van der Waals surface area contributed by atoms with Gasteiger partial charge in [0.2, 0.25) is 5.91 Å². The molecule has 4 rings (SSSR count). The van der Waals surface area contributed by atoms with E-state index < -0.39 is 5.54 Å². The SMILES string of the molecule is CCCN1C(=O)[C@](C)(NC(=O)c2ccccc2)[C@@H](c2ccccc2)[C@H]2[C@@H](C(=O)OC)[C@H]21. The van der Waals surface area contributed by atoms with E-state index in [9.17, 15) is 14.4 Å². The Hall–Kier alpha value is -3.15. The normalized spacial score (nSPS) is 29.1. The Morgan fingerprint density at radius 1 is 1.06 bits per heavy atom. The summed E-state index contributed by atoms with van der Waals surface area (Å²) in [6.45, 7) is 4.33. The van der Waals surface area contributed by atoms with Gasteiger partial charge in [-0.2, -0.15) is 0 Å². The van der Waals surface area contributed by atoms with Gasteiger partial charge >= 0.3 is 5.97 Å². The first kappa shape index (κ1) is 21.1. The Morgan fingerprint density at radius 2 is 1.68 bits per heavy atom. The molecule has 1 aliphatic carbocycles. The topological polar surface area (TPSA) is 75.7 Å². The molecule has 5 atom stereocenters. The van der Waals surface area contributed by atoms with Gasteiger partial charge in [-0.25, -0.2) is 0 Å². The summed E-state index contributed by atoms with van der Waals surface area (Å²) in [6.07, 6.45) is 0.765. The lowest BCUT2D eigenvalue weighted by atomic mass is 9.73. The quantitative estimate of drug-likeness (QED) is 0.729. The van der Waals surface area contributed by atoms with Crippen LogP contribution in [0.2, 0.25) is 0 Å². The summed E-state index contributed by atoms with van der Waals surface area (Å²) in [4.78, 5) is 41.3. The Labute approximate surface area is 182 Å². The molecule has 1 saturated heterocycles. The van der Waals surface area contributed by atoms with Crippen LogP contribution in [-0.4, -0.2) is 47.9 Å². The second-order valence-corrected chi connectivity index (χ2v) is 8.53. The first-order valence-electron chi connectivity index (χ1n) is 10.8. The van der Waals surface area contributed by atoms with Crippen molar-refractivity contribution < 1.29 is 19.1 Å². The summed E-state index contributed by atoms with van der Waals surface area (Å²) >= 11 is 0. The summed E-state index contributed by atoms with van der Waals surface area (Å²) < 4.78 is 5.07. The molecular weight excluding hydrogens is 392 g/mol. The number of nitrogens with one attached hydrogen (secondary N) is 1. The van der Waals surface area contributed by atoms with E-state index in [1.54, 1.807) is 36.1 Å². The summed E-state index contributed by atoms with van der Waals surface area (Å²) in [5.41, 5.74) is 0.241. The maximum absolute atomic E-state index is 13.8. The van der Waals surface area contributed by atoms with Gasteiger partial charge in [-0.15, -0.1) is 0 Å². The van der Waals surface area contributed by atoms with E-state index in [4.69, 9.17) is 4.74 Å². The number of likely N-dealkylation sites (tertiary alicyclic amines) is 1. The van der Waals surface area contributed by atoms with Crippen LogP contribution >= 0.6 is 0 Å². The molecule has 2 aromatic rings. The van der Waals surface area contributed by atoms with E-state index in [2.05, 4.69) is 5.32 Å².